The third-order valence-corrected chi connectivity index (χ3v) is 7.09. The molecular weight excluding hydrogens is 441 g/mol. The molecule has 3 aromatic carbocycles. The number of likely N-dealkylation sites (tertiary alicyclic amines) is 1. The summed E-state index contributed by atoms with van der Waals surface area (Å²) in [6.45, 7) is 2.46. The van der Waals surface area contributed by atoms with Crippen molar-refractivity contribution in [1.82, 2.24) is 10.2 Å². The van der Waals surface area contributed by atoms with Crippen LogP contribution in [0.15, 0.2) is 83.8 Å². The number of halogens is 1. The molecule has 33 heavy (non-hydrogen) atoms. The van der Waals surface area contributed by atoms with Crippen LogP contribution in [0.5, 0.6) is 0 Å². The van der Waals surface area contributed by atoms with Crippen LogP contribution in [0.2, 0.25) is 0 Å². The van der Waals surface area contributed by atoms with Crippen molar-refractivity contribution in [1.29, 1.82) is 0 Å². The smallest absolute Gasteiger partial charge is 0.261 e. The molecule has 6 nitrogen and oxygen atoms in total. The van der Waals surface area contributed by atoms with Crippen molar-refractivity contribution in [3.63, 3.8) is 0 Å². The molecule has 1 heterocycles. The molecule has 1 amide bonds. The molecule has 1 saturated heterocycles. The van der Waals surface area contributed by atoms with Crippen LogP contribution in [0.4, 0.5) is 10.1 Å². The van der Waals surface area contributed by atoms with Crippen molar-refractivity contribution in [2.75, 3.05) is 17.8 Å². The maximum Gasteiger partial charge on any atom is 0.261 e. The summed E-state index contributed by atoms with van der Waals surface area (Å²) in [6, 6.07) is 21.1. The van der Waals surface area contributed by atoms with E-state index in [1.807, 2.05) is 0 Å². The average Bonchev–Trinajstić information content (AvgIpc) is 2.82. The van der Waals surface area contributed by atoms with E-state index in [2.05, 4.69) is 14.9 Å². The molecule has 0 aromatic heterocycles. The van der Waals surface area contributed by atoms with Crippen LogP contribution < -0.4 is 10.0 Å². The normalized spacial score (nSPS) is 15.2. The molecular formula is C25H26FN3O3S. The lowest BCUT2D eigenvalue weighted by Crippen LogP contribution is -2.44. The van der Waals surface area contributed by atoms with E-state index in [4.69, 9.17) is 0 Å². The van der Waals surface area contributed by atoms with E-state index in [1.165, 1.54) is 24.3 Å². The minimum absolute atomic E-state index is 0.0817. The monoisotopic (exact) mass is 467 g/mol. The highest BCUT2D eigenvalue weighted by atomic mass is 32.2. The molecule has 172 valence electrons. The first-order valence-corrected chi connectivity index (χ1v) is 12.3. The van der Waals surface area contributed by atoms with Crippen LogP contribution in [0, 0.1) is 5.82 Å². The summed E-state index contributed by atoms with van der Waals surface area (Å²) in [6.07, 6.45) is 1.67. The van der Waals surface area contributed by atoms with Gasteiger partial charge in [-0.25, -0.2) is 12.8 Å². The minimum atomic E-state index is -3.67. The number of carbonyl (C=O) groups excluding carboxylic acids is 1. The van der Waals surface area contributed by atoms with Crippen molar-refractivity contribution in [2.24, 2.45) is 0 Å². The van der Waals surface area contributed by atoms with Crippen LogP contribution in [-0.2, 0) is 16.6 Å². The first-order valence-electron chi connectivity index (χ1n) is 10.8. The van der Waals surface area contributed by atoms with Crippen molar-refractivity contribution < 1.29 is 17.6 Å². The van der Waals surface area contributed by atoms with E-state index in [1.54, 1.807) is 54.6 Å². The maximum atomic E-state index is 13.1. The Labute approximate surface area is 193 Å². The van der Waals surface area contributed by atoms with E-state index in [0.29, 0.717) is 11.3 Å². The zero-order chi connectivity index (χ0) is 23.3. The van der Waals surface area contributed by atoms with Crippen LogP contribution in [0.25, 0.3) is 0 Å². The quantitative estimate of drug-likeness (QED) is 0.550. The van der Waals surface area contributed by atoms with Gasteiger partial charge in [0.1, 0.15) is 5.82 Å². The SMILES string of the molecule is O=C(NC1CCN(Cc2ccc(F)cc2)CC1)c1ccc(NS(=O)(=O)c2ccccc2)cc1. The topological polar surface area (TPSA) is 78.5 Å². The van der Waals surface area contributed by atoms with Crippen LogP contribution >= 0.6 is 0 Å². The number of hydrogen-bond acceptors (Lipinski definition) is 4. The fourth-order valence-corrected chi connectivity index (χ4v) is 4.94. The van der Waals surface area contributed by atoms with Gasteiger partial charge in [0.05, 0.1) is 4.90 Å². The number of anilines is 1. The lowest BCUT2D eigenvalue weighted by molar-refractivity contribution is 0.0909. The van der Waals surface area contributed by atoms with Gasteiger partial charge >= 0.3 is 0 Å². The Morgan fingerprint density at radius 3 is 2.18 bits per heavy atom. The summed E-state index contributed by atoms with van der Waals surface area (Å²) >= 11 is 0. The van der Waals surface area contributed by atoms with Crippen molar-refractivity contribution in [2.45, 2.75) is 30.3 Å². The van der Waals surface area contributed by atoms with E-state index >= 15 is 0 Å². The van der Waals surface area contributed by atoms with E-state index < -0.39 is 10.0 Å². The molecule has 1 aliphatic rings. The van der Waals surface area contributed by atoms with E-state index in [-0.39, 0.29) is 22.7 Å². The number of nitrogens with one attached hydrogen (secondary N) is 2. The van der Waals surface area contributed by atoms with Gasteiger partial charge in [0.15, 0.2) is 0 Å². The fourth-order valence-electron chi connectivity index (χ4n) is 3.86. The number of rotatable bonds is 7. The molecule has 0 radical (unpaired) electrons. The number of amides is 1. The van der Waals surface area contributed by atoms with E-state index in [9.17, 15) is 17.6 Å². The second kappa shape index (κ2) is 10.1. The predicted molar refractivity (Wildman–Crippen MR) is 126 cm³/mol. The van der Waals surface area contributed by atoms with Crippen molar-refractivity contribution >= 4 is 21.6 Å². The van der Waals surface area contributed by atoms with Gasteiger partial charge in [-0.15, -0.1) is 0 Å². The first-order chi connectivity index (χ1) is 15.9. The summed E-state index contributed by atoms with van der Waals surface area (Å²) in [5.74, 6) is -0.411. The maximum absolute atomic E-state index is 13.1. The summed E-state index contributed by atoms with van der Waals surface area (Å²) in [5.41, 5.74) is 1.94. The Hall–Kier alpha value is -3.23. The molecule has 2 N–H and O–H groups in total. The van der Waals surface area contributed by atoms with Gasteiger partial charge in [-0.05, 0) is 66.9 Å². The summed E-state index contributed by atoms with van der Waals surface area (Å²) in [7, 11) is -3.67. The second-order valence-electron chi connectivity index (χ2n) is 8.15. The van der Waals surface area contributed by atoms with Crippen LogP contribution in [-0.4, -0.2) is 38.4 Å². The molecule has 0 bridgehead atoms. The van der Waals surface area contributed by atoms with Gasteiger partial charge in [0, 0.05) is 36.9 Å². The molecule has 0 atom stereocenters. The lowest BCUT2D eigenvalue weighted by atomic mass is 10.0. The third-order valence-electron chi connectivity index (χ3n) is 5.70. The Morgan fingerprint density at radius 2 is 1.55 bits per heavy atom. The van der Waals surface area contributed by atoms with Crippen molar-refractivity contribution in [3.05, 3.63) is 95.8 Å². The Kier molecular flexibility index (Phi) is 7.05. The average molecular weight is 468 g/mol. The highest BCUT2D eigenvalue weighted by molar-refractivity contribution is 7.92. The zero-order valence-electron chi connectivity index (χ0n) is 18.1. The molecule has 4 rings (SSSR count). The molecule has 0 saturated carbocycles. The zero-order valence-corrected chi connectivity index (χ0v) is 18.9. The lowest BCUT2D eigenvalue weighted by Gasteiger charge is -2.32. The summed E-state index contributed by atoms with van der Waals surface area (Å²) < 4.78 is 40.4. The third kappa shape index (κ3) is 6.18. The Balaban J connectivity index is 1.27. The predicted octanol–water partition coefficient (Wildman–Crippen LogP) is 4.02. The second-order valence-corrected chi connectivity index (χ2v) is 9.83. The molecule has 0 unspecified atom stereocenters. The van der Waals surface area contributed by atoms with Gasteiger partial charge in [0.25, 0.3) is 15.9 Å². The Bertz CT molecular complexity index is 1180. The van der Waals surface area contributed by atoms with Gasteiger partial charge in [-0.2, -0.15) is 0 Å². The first kappa shape index (κ1) is 22.9. The number of sulfonamides is 1. The minimum Gasteiger partial charge on any atom is -0.349 e. The molecule has 3 aromatic rings. The number of hydrogen-bond donors (Lipinski definition) is 2. The molecule has 1 fully saturated rings. The number of carbonyl (C=O) groups is 1. The van der Waals surface area contributed by atoms with Crippen LogP contribution in [0.1, 0.15) is 28.8 Å². The highest BCUT2D eigenvalue weighted by Crippen LogP contribution is 2.18. The van der Waals surface area contributed by atoms with Gasteiger partial charge < -0.3 is 5.32 Å². The molecule has 0 spiro atoms. The van der Waals surface area contributed by atoms with Crippen molar-refractivity contribution in [3.8, 4) is 0 Å². The largest absolute Gasteiger partial charge is 0.349 e. The van der Waals surface area contributed by atoms with Gasteiger partial charge in [-0.1, -0.05) is 30.3 Å². The van der Waals surface area contributed by atoms with E-state index in [0.717, 1.165) is 38.0 Å². The number of nitrogens with zero attached hydrogens (tertiary/aromatic N) is 1. The number of benzene rings is 3. The van der Waals surface area contributed by atoms with Crippen LogP contribution in [0.3, 0.4) is 0 Å². The molecule has 1 aliphatic heterocycles. The Morgan fingerprint density at radius 1 is 0.909 bits per heavy atom. The summed E-state index contributed by atoms with van der Waals surface area (Å²) in [5, 5.41) is 3.07. The molecule has 8 heteroatoms. The summed E-state index contributed by atoms with van der Waals surface area (Å²) in [4.78, 5) is 15.1. The highest BCUT2D eigenvalue weighted by Gasteiger charge is 2.21. The standard InChI is InChI=1S/C25H26FN3O3S/c26-21-10-6-19(7-11-21)18-29-16-14-22(15-17-29)27-25(30)20-8-12-23(13-9-20)28-33(31,32)24-4-2-1-3-5-24/h1-13,22,28H,14-18H2,(H,27,30). The molecule has 0 aliphatic carbocycles. The van der Waals surface area contributed by atoms with Gasteiger partial charge in [-0.3, -0.25) is 14.4 Å². The van der Waals surface area contributed by atoms with Gasteiger partial charge in [0.2, 0.25) is 0 Å². The number of piperidine rings is 1. The fraction of sp³-hybridized carbons (Fsp3) is 0.240.